The van der Waals surface area contributed by atoms with Crippen LogP contribution in [0.1, 0.15) is 12.7 Å². The van der Waals surface area contributed by atoms with Crippen molar-refractivity contribution in [2.45, 2.75) is 13.5 Å². The molecule has 0 aliphatic heterocycles. The molecule has 2 N–H and O–H groups in total. The third-order valence-corrected chi connectivity index (χ3v) is 1.54. The van der Waals surface area contributed by atoms with Crippen LogP contribution in [0.2, 0.25) is 0 Å². The van der Waals surface area contributed by atoms with Crippen LogP contribution in [-0.4, -0.2) is 16.1 Å². The average Bonchev–Trinajstić information content (AvgIpc) is 2.31. The lowest BCUT2D eigenvalue weighted by atomic mass is 10.5. The summed E-state index contributed by atoms with van der Waals surface area (Å²) in [5, 5.41) is 2.22. The minimum atomic E-state index is 0.986. The Balaban J connectivity index is 2.49. The molecule has 1 aromatic rings. The van der Waals surface area contributed by atoms with E-state index in [1.165, 1.54) is 0 Å². The number of hydrogen-bond donors (Lipinski definition) is 1. The largest absolute Gasteiger partial charge is 0.340 e. The molecule has 0 spiro atoms. The number of imidazole rings is 1. The molecule has 1 heterocycles. The van der Waals surface area contributed by atoms with E-state index in [-0.39, 0.29) is 0 Å². The fraction of sp³-hybridized carbons (Fsp3) is 0.571. The van der Waals surface area contributed by atoms with Crippen LogP contribution in [0.3, 0.4) is 0 Å². The van der Waals surface area contributed by atoms with Crippen molar-refractivity contribution in [3.05, 3.63) is 18.2 Å². The summed E-state index contributed by atoms with van der Waals surface area (Å²) in [7, 11) is 2.02. The van der Waals surface area contributed by atoms with Crippen LogP contribution in [0.5, 0.6) is 0 Å². The number of nitrogens with zero attached hydrogens (tertiary/aromatic N) is 2. The van der Waals surface area contributed by atoms with E-state index < -0.39 is 0 Å². The lowest BCUT2D eigenvalue weighted by Crippen LogP contribution is -2.82. The van der Waals surface area contributed by atoms with Gasteiger partial charge in [0, 0.05) is 19.4 Å². The van der Waals surface area contributed by atoms with Gasteiger partial charge < -0.3 is 9.88 Å². The molecule has 56 valence electrons. The van der Waals surface area contributed by atoms with E-state index in [0.717, 1.165) is 18.9 Å². The van der Waals surface area contributed by atoms with Gasteiger partial charge in [-0.3, -0.25) is 0 Å². The summed E-state index contributed by atoms with van der Waals surface area (Å²) in [5.74, 6) is 1.14. The Kier molecular flexibility index (Phi) is 2.45. The van der Waals surface area contributed by atoms with Gasteiger partial charge in [0.1, 0.15) is 6.54 Å². The molecule has 0 saturated carbocycles. The first-order chi connectivity index (χ1) is 4.84. The smallest absolute Gasteiger partial charge is 0.163 e. The molecule has 0 unspecified atom stereocenters. The molecule has 0 aliphatic carbocycles. The van der Waals surface area contributed by atoms with Gasteiger partial charge in [-0.2, -0.15) is 0 Å². The summed E-state index contributed by atoms with van der Waals surface area (Å²) in [5.41, 5.74) is 0. The van der Waals surface area contributed by atoms with Gasteiger partial charge in [-0.25, -0.2) is 4.98 Å². The van der Waals surface area contributed by atoms with Gasteiger partial charge in [0.15, 0.2) is 5.82 Å². The Labute approximate surface area is 61.1 Å². The Hall–Kier alpha value is -0.830. The van der Waals surface area contributed by atoms with Crippen molar-refractivity contribution in [2.75, 3.05) is 6.54 Å². The van der Waals surface area contributed by atoms with Gasteiger partial charge in [-0.05, 0) is 6.92 Å². The van der Waals surface area contributed by atoms with Crippen molar-refractivity contribution in [1.82, 2.24) is 9.55 Å². The predicted octanol–water partition coefficient (Wildman–Crippen LogP) is -0.497. The molecular formula is C7H14N3+. The third kappa shape index (κ3) is 1.57. The van der Waals surface area contributed by atoms with E-state index in [4.69, 9.17) is 0 Å². The van der Waals surface area contributed by atoms with Crippen molar-refractivity contribution in [3.8, 4) is 0 Å². The van der Waals surface area contributed by atoms with E-state index in [1.54, 1.807) is 0 Å². The second kappa shape index (κ2) is 3.37. The van der Waals surface area contributed by atoms with Crippen LogP contribution in [0.4, 0.5) is 0 Å². The molecule has 3 heteroatoms. The normalized spacial score (nSPS) is 10.2. The lowest BCUT2D eigenvalue weighted by molar-refractivity contribution is -0.668. The van der Waals surface area contributed by atoms with Gasteiger partial charge in [0.2, 0.25) is 0 Å². The lowest BCUT2D eigenvalue weighted by Gasteiger charge is -1.97. The first kappa shape index (κ1) is 7.28. The van der Waals surface area contributed by atoms with E-state index in [0.29, 0.717) is 0 Å². The van der Waals surface area contributed by atoms with Crippen LogP contribution in [0.15, 0.2) is 12.4 Å². The highest BCUT2D eigenvalue weighted by Crippen LogP contribution is 1.88. The Morgan fingerprint density at radius 1 is 1.70 bits per heavy atom. The maximum Gasteiger partial charge on any atom is 0.163 e. The summed E-state index contributed by atoms with van der Waals surface area (Å²) in [6.07, 6.45) is 3.80. The fourth-order valence-electron chi connectivity index (χ4n) is 0.867. The zero-order valence-electron chi connectivity index (χ0n) is 6.54. The van der Waals surface area contributed by atoms with Crippen LogP contribution in [0, 0.1) is 0 Å². The van der Waals surface area contributed by atoms with E-state index in [9.17, 15) is 0 Å². The van der Waals surface area contributed by atoms with Crippen molar-refractivity contribution in [2.24, 2.45) is 7.05 Å². The molecule has 1 aromatic heterocycles. The van der Waals surface area contributed by atoms with Gasteiger partial charge in [-0.15, -0.1) is 0 Å². The SMILES string of the molecule is CC[NH2+]Cc1nccn1C. The molecule has 10 heavy (non-hydrogen) atoms. The highest BCUT2D eigenvalue weighted by Gasteiger charge is 1.97. The van der Waals surface area contributed by atoms with Gasteiger partial charge >= 0.3 is 0 Å². The summed E-state index contributed by atoms with van der Waals surface area (Å²) >= 11 is 0. The number of aryl methyl sites for hydroxylation is 1. The van der Waals surface area contributed by atoms with Gasteiger partial charge in [0.05, 0.1) is 6.54 Å². The Morgan fingerprint density at radius 2 is 2.50 bits per heavy atom. The first-order valence-electron chi connectivity index (χ1n) is 3.62. The standard InChI is InChI=1S/C7H13N3/c1-3-8-6-7-9-4-5-10(7)2/h4-5,8H,3,6H2,1-2H3/p+1. The zero-order valence-corrected chi connectivity index (χ0v) is 6.54. The van der Waals surface area contributed by atoms with Crippen LogP contribution in [-0.2, 0) is 13.6 Å². The number of rotatable bonds is 3. The second-order valence-corrected chi connectivity index (χ2v) is 2.36. The average molecular weight is 140 g/mol. The Morgan fingerprint density at radius 3 is 3.00 bits per heavy atom. The molecule has 0 saturated heterocycles. The predicted molar refractivity (Wildman–Crippen MR) is 39.4 cm³/mol. The van der Waals surface area contributed by atoms with Gasteiger partial charge in [-0.1, -0.05) is 0 Å². The van der Waals surface area contributed by atoms with Crippen LogP contribution < -0.4 is 5.32 Å². The van der Waals surface area contributed by atoms with E-state index >= 15 is 0 Å². The minimum Gasteiger partial charge on any atom is -0.340 e. The topological polar surface area (TPSA) is 34.4 Å². The summed E-state index contributed by atoms with van der Waals surface area (Å²) in [4.78, 5) is 4.19. The molecule has 0 bridgehead atoms. The van der Waals surface area contributed by atoms with Crippen molar-refractivity contribution < 1.29 is 5.32 Å². The highest BCUT2D eigenvalue weighted by molar-refractivity contribution is 4.87. The summed E-state index contributed by atoms with van der Waals surface area (Å²) in [6.45, 7) is 4.25. The second-order valence-electron chi connectivity index (χ2n) is 2.36. The maximum atomic E-state index is 4.19. The van der Waals surface area contributed by atoms with Gasteiger partial charge in [0.25, 0.3) is 0 Å². The molecule has 0 fully saturated rings. The zero-order chi connectivity index (χ0) is 7.40. The minimum absolute atomic E-state index is 0.986. The first-order valence-corrected chi connectivity index (χ1v) is 3.62. The quantitative estimate of drug-likeness (QED) is 0.603. The summed E-state index contributed by atoms with van der Waals surface area (Å²) < 4.78 is 2.05. The monoisotopic (exact) mass is 140 g/mol. The number of nitrogens with two attached hydrogens (primary N) is 1. The number of aromatic nitrogens is 2. The fourth-order valence-corrected chi connectivity index (χ4v) is 0.867. The van der Waals surface area contributed by atoms with Crippen molar-refractivity contribution in [3.63, 3.8) is 0 Å². The van der Waals surface area contributed by atoms with Crippen molar-refractivity contribution >= 4 is 0 Å². The molecule has 1 rings (SSSR count). The number of hydrogen-bond acceptors (Lipinski definition) is 1. The molecule has 0 amide bonds. The number of quaternary nitrogens is 1. The van der Waals surface area contributed by atoms with E-state index in [2.05, 4.69) is 17.2 Å². The highest BCUT2D eigenvalue weighted by atomic mass is 15.1. The molecule has 3 nitrogen and oxygen atoms in total. The molecule has 0 aliphatic rings. The molecule has 0 atom stereocenters. The molecule has 0 radical (unpaired) electrons. The molecular weight excluding hydrogens is 126 g/mol. The van der Waals surface area contributed by atoms with Crippen LogP contribution >= 0.6 is 0 Å². The maximum absolute atomic E-state index is 4.19. The summed E-state index contributed by atoms with van der Waals surface area (Å²) in [6, 6.07) is 0. The third-order valence-electron chi connectivity index (χ3n) is 1.54. The van der Waals surface area contributed by atoms with E-state index in [1.807, 2.05) is 24.0 Å². The molecule has 0 aromatic carbocycles. The van der Waals surface area contributed by atoms with Crippen molar-refractivity contribution in [1.29, 1.82) is 0 Å². The van der Waals surface area contributed by atoms with Crippen LogP contribution in [0.25, 0.3) is 0 Å². The Bertz CT molecular complexity index is 192.